The lowest BCUT2D eigenvalue weighted by Crippen LogP contribution is -2.33. The van der Waals surface area contributed by atoms with Gasteiger partial charge in [-0.2, -0.15) is 4.39 Å². The number of rotatable bonds is 7. The normalized spacial score (nSPS) is 16.9. The Morgan fingerprint density at radius 2 is 1.84 bits per heavy atom. The molecule has 164 valence electrons. The average Bonchev–Trinajstić information content (AvgIpc) is 3.04. The fraction of sp³-hybridized carbons (Fsp3) is 0.250. The van der Waals surface area contributed by atoms with E-state index in [9.17, 15) is 27.6 Å². The van der Waals surface area contributed by atoms with Crippen LogP contribution in [0.2, 0.25) is 0 Å². The van der Waals surface area contributed by atoms with Crippen molar-refractivity contribution >= 4 is 28.9 Å². The van der Waals surface area contributed by atoms with Gasteiger partial charge in [0.25, 0.3) is 5.24 Å². The van der Waals surface area contributed by atoms with Crippen LogP contribution in [0.5, 0.6) is 11.5 Å². The number of nitrogens with two attached hydrogens (primary N) is 1. The molecule has 2 aromatic carbocycles. The highest BCUT2D eigenvalue weighted by molar-refractivity contribution is 8.15. The summed E-state index contributed by atoms with van der Waals surface area (Å²) in [7, 11) is 0. The van der Waals surface area contributed by atoms with Crippen molar-refractivity contribution in [3.8, 4) is 11.5 Å². The number of benzene rings is 2. The van der Waals surface area contributed by atoms with Gasteiger partial charge in [0.1, 0.15) is 11.8 Å². The van der Waals surface area contributed by atoms with Crippen LogP contribution in [0, 0.1) is 24.4 Å². The number of nitrogens with one attached hydrogen (secondary N) is 1. The highest BCUT2D eigenvalue weighted by Gasteiger charge is 2.31. The smallest absolute Gasteiger partial charge is 0.320 e. The minimum absolute atomic E-state index is 0.00920. The van der Waals surface area contributed by atoms with Gasteiger partial charge in [-0.25, -0.2) is 8.78 Å². The number of carboxylic acids is 1. The van der Waals surface area contributed by atoms with Gasteiger partial charge in [-0.15, -0.1) is 0 Å². The van der Waals surface area contributed by atoms with Crippen LogP contribution >= 0.6 is 11.8 Å². The predicted molar refractivity (Wildman–Crippen MR) is 106 cm³/mol. The minimum Gasteiger partial charge on any atom is -0.480 e. The summed E-state index contributed by atoms with van der Waals surface area (Å²) in [5.74, 6) is -6.99. The molecule has 0 aliphatic carbocycles. The van der Waals surface area contributed by atoms with Crippen molar-refractivity contribution in [2.24, 2.45) is 5.73 Å². The van der Waals surface area contributed by atoms with Gasteiger partial charge >= 0.3 is 5.97 Å². The van der Waals surface area contributed by atoms with Crippen molar-refractivity contribution in [1.82, 2.24) is 5.32 Å². The number of hydrogen-bond acceptors (Lipinski definition) is 6. The number of amides is 2. The van der Waals surface area contributed by atoms with Crippen molar-refractivity contribution < 1.29 is 37.4 Å². The molecule has 0 aromatic heterocycles. The molecule has 2 aromatic rings. The number of aliphatic carboxylic acids is 1. The zero-order valence-electron chi connectivity index (χ0n) is 16.1. The molecule has 11 heteroatoms. The van der Waals surface area contributed by atoms with E-state index in [-0.39, 0.29) is 17.7 Å². The van der Waals surface area contributed by atoms with Crippen molar-refractivity contribution in [2.45, 2.75) is 31.1 Å². The summed E-state index contributed by atoms with van der Waals surface area (Å²) < 4.78 is 48.8. The second-order valence-corrected chi connectivity index (χ2v) is 8.03. The maximum atomic E-state index is 14.7. The van der Waals surface area contributed by atoms with Crippen molar-refractivity contribution in [3.63, 3.8) is 0 Å². The second-order valence-electron chi connectivity index (χ2n) is 6.86. The Kier molecular flexibility index (Phi) is 6.56. The van der Waals surface area contributed by atoms with Crippen LogP contribution in [-0.4, -0.2) is 33.5 Å². The number of carbonyl (C=O) groups excluding carboxylic acids is 2. The highest BCUT2D eigenvalue weighted by Crippen LogP contribution is 2.34. The van der Waals surface area contributed by atoms with Gasteiger partial charge in [0.05, 0.1) is 5.25 Å². The summed E-state index contributed by atoms with van der Waals surface area (Å²) in [6.45, 7) is 1.17. The Hall–Kier alpha value is -3.05. The molecule has 1 aliphatic heterocycles. The zero-order chi connectivity index (χ0) is 22.9. The Balaban J connectivity index is 1.80. The predicted octanol–water partition coefficient (Wildman–Crippen LogP) is 3.05. The first-order valence-corrected chi connectivity index (χ1v) is 9.89. The molecule has 2 amide bonds. The summed E-state index contributed by atoms with van der Waals surface area (Å²) >= 11 is 0.872. The summed E-state index contributed by atoms with van der Waals surface area (Å²) in [5.41, 5.74) is 5.24. The molecular formula is C20H17F3N2O5S. The molecule has 1 aliphatic rings. The number of hydrogen-bond donors (Lipinski definition) is 3. The van der Waals surface area contributed by atoms with Gasteiger partial charge < -0.3 is 15.6 Å². The van der Waals surface area contributed by atoms with Crippen LogP contribution < -0.4 is 15.8 Å². The fourth-order valence-electron chi connectivity index (χ4n) is 2.99. The number of ether oxygens (including phenoxy) is 1. The molecule has 7 nitrogen and oxygen atoms in total. The van der Waals surface area contributed by atoms with E-state index in [0.29, 0.717) is 5.56 Å². The molecule has 1 saturated heterocycles. The molecular weight excluding hydrogens is 437 g/mol. The molecule has 0 radical (unpaired) electrons. The van der Waals surface area contributed by atoms with Crippen LogP contribution in [0.15, 0.2) is 24.3 Å². The van der Waals surface area contributed by atoms with Gasteiger partial charge in [0, 0.05) is 6.42 Å². The largest absolute Gasteiger partial charge is 0.480 e. The maximum absolute atomic E-state index is 14.7. The highest BCUT2D eigenvalue weighted by atomic mass is 32.2. The summed E-state index contributed by atoms with van der Waals surface area (Å²) in [6.07, 6.45) is -0.331. The topological polar surface area (TPSA) is 119 Å². The molecule has 2 atom stereocenters. The quantitative estimate of drug-likeness (QED) is 0.550. The Bertz CT molecular complexity index is 1030. The van der Waals surface area contributed by atoms with Gasteiger partial charge in [-0.05, 0) is 42.2 Å². The molecule has 1 fully saturated rings. The number of thioether (sulfide) groups is 1. The van der Waals surface area contributed by atoms with E-state index in [2.05, 4.69) is 5.32 Å². The Labute approximate surface area is 178 Å². The van der Waals surface area contributed by atoms with E-state index in [1.807, 2.05) is 0 Å². The van der Waals surface area contributed by atoms with Crippen LogP contribution in [0.25, 0.3) is 0 Å². The van der Waals surface area contributed by atoms with Crippen LogP contribution in [0.1, 0.15) is 16.7 Å². The van der Waals surface area contributed by atoms with Gasteiger partial charge in [-0.1, -0.05) is 23.9 Å². The molecule has 2 unspecified atom stereocenters. The van der Waals surface area contributed by atoms with E-state index < -0.39 is 63.6 Å². The SMILES string of the molecule is Cc1c(F)c(Oc2ccc(CC3SC(=O)NC3=O)cc2)c(F)c(F)c1CC(N)C(=O)O. The summed E-state index contributed by atoms with van der Waals surface area (Å²) in [6, 6.07) is 4.34. The molecule has 3 rings (SSSR count). The molecule has 0 spiro atoms. The third-order valence-electron chi connectivity index (χ3n) is 4.71. The Morgan fingerprint density at radius 1 is 1.19 bits per heavy atom. The van der Waals surface area contributed by atoms with E-state index >= 15 is 0 Å². The lowest BCUT2D eigenvalue weighted by Gasteiger charge is -2.16. The third kappa shape index (κ3) is 4.83. The fourth-order valence-corrected chi connectivity index (χ4v) is 3.85. The van der Waals surface area contributed by atoms with E-state index in [1.54, 1.807) is 12.1 Å². The molecule has 0 bridgehead atoms. The maximum Gasteiger partial charge on any atom is 0.320 e. The van der Waals surface area contributed by atoms with Crippen molar-refractivity contribution in [2.75, 3.05) is 0 Å². The van der Waals surface area contributed by atoms with Gasteiger partial charge in [0.2, 0.25) is 17.5 Å². The van der Waals surface area contributed by atoms with Crippen LogP contribution in [0.4, 0.5) is 18.0 Å². The Morgan fingerprint density at radius 3 is 2.39 bits per heavy atom. The number of carbonyl (C=O) groups is 3. The van der Waals surface area contributed by atoms with E-state index in [4.69, 9.17) is 15.6 Å². The first-order valence-electron chi connectivity index (χ1n) is 9.01. The molecule has 1 heterocycles. The van der Waals surface area contributed by atoms with Crippen molar-refractivity contribution in [3.05, 3.63) is 58.4 Å². The minimum atomic E-state index is -1.60. The van der Waals surface area contributed by atoms with Gasteiger partial charge in [-0.3, -0.25) is 19.7 Å². The number of halogens is 3. The van der Waals surface area contributed by atoms with Crippen molar-refractivity contribution in [1.29, 1.82) is 0 Å². The van der Waals surface area contributed by atoms with E-state index in [1.165, 1.54) is 19.1 Å². The summed E-state index contributed by atoms with van der Waals surface area (Å²) in [5, 5.41) is 10.0. The molecule has 0 saturated carbocycles. The standard InChI is InChI=1S/C20H17F3N2O5S/c1-8-11(7-12(24)19(27)28)15(22)16(23)17(14(8)21)30-10-4-2-9(3-5-10)6-13-18(26)25-20(29)31-13/h2-5,12-13H,6-7,24H2,1H3,(H,27,28)(H,25,26,29). The van der Waals surface area contributed by atoms with Crippen LogP contribution in [0.3, 0.4) is 0 Å². The average molecular weight is 454 g/mol. The summed E-state index contributed by atoms with van der Waals surface area (Å²) in [4.78, 5) is 33.7. The van der Waals surface area contributed by atoms with Gasteiger partial charge in [0.15, 0.2) is 11.6 Å². The molecule has 4 N–H and O–H groups in total. The molecule has 31 heavy (non-hydrogen) atoms. The zero-order valence-corrected chi connectivity index (χ0v) is 16.9. The number of imide groups is 1. The lowest BCUT2D eigenvalue weighted by molar-refractivity contribution is -0.138. The third-order valence-corrected chi connectivity index (χ3v) is 5.69. The first kappa shape index (κ1) is 22.6. The monoisotopic (exact) mass is 454 g/mol. The first-order chi connectivity index (χ1) is 14.6. The van der Waals surface area contributed by atoms with E-state index in [0.717, 1.165) is 11.8 Å². The lowest BCUT2D eigenvalue weighted by atomic mass is 9.99. The number of carboxylic acid groups (broad SMARTS) is 1. The second kappa shape index (κ2) is 8.98. The van der Waals surface area contributed by atoms with Crippen LogP contribution in [-0.2, 0) is 22.4 Å².